The van der Waals surface area contributed by atoms with Gasteiger partial charge < -0.3 is 10.0 Å². The van der Waals surface area contributed by atoms with Crippen molar-refractivity contribution in [3.63, 3.8) is 0 Å². The van der Waals surface area contributed by atoms with Crippen LogP contribution in [0, 0.1) is 0 Å². The van der Waals surface area contributed by atoms with E-state index >= 15 is 0 Å². The van der Waals surface area contributed by atoms with Crippen LogP contribution in [-0.4, -0.2) is 59.1 Å². The van der Waals surface area contributed by atoms with Gasteiger partial charge in [0.15, 0.2) is 0 Å². The van der Waals surface area contributed by atoms with Crippen molar-refractivity contribution < 1.29 is 9.90 Å². The minimum Gasteiger partial charge on any atom is -0.480 e. The maximum absolute atomic E-state index is 11.7. The van der Waals surface area contributed by atoms with Crippen LogP contribution in [0.15, 0.2) is 0 Å². The first-order valence-corrected chi connectivity index (χ1v) is 7.90. The fraction of sp³-hybridized carbons (Fsp3) is 0.933. The van der Waals surface area contributed by atoms with Gasteiger partial charge in [0.05, 0.1) is 0 Å². The Balaban J connectivity index is 1.84. The molecule has 2 fully saturated rings. The van der Waals surface area contributed by atoms with Gasteiger partial charge in [0, 0.05) is 6.54 Å². The van der Waals surface area contributed by atoms with Crippen molar-refractivity contribution in [1.29, 1.82) is 0 Å². The smallest absolute Gasteiger partial charge is 0.324 e. The molecule has 2 aliphatic rings. The van der Waals surface area contributed by atoms with E-state index in [1.54, 1.807) is 0 Å². The van der Waals surface area contributed by atoms with Crippen molar-refractivity contribution in [3.05, 3.63) is 0 Å². The molecule has 4 nitrogen and oxygen atoms in total. The lowest BCUT2D eigenvalue weighted by molar-refractivity contribution is -0.150. The third-order valence-electron chi connectivity index (χ3n) is 4.79. The van der Waals surface area contributed by atoms with Crippen LogP contribution in [-0.2, 0) is 4.79 Å². The zero-order chi connectivity index (χ0) is 13.7. The van der Waals surface area contributed by atoms with E-state index in [-0.39, 0.29) is 0 Å². The van der Waals surface area contributed by atoms with Crippen molar-refractivity contribution in [2.45, 2.75) is 57.4 Å². The second-order valence-electron chi connectivity index (χ2n) is 6.08. The number of carboxylic acids is 1. The van der Waals surface area contributed by atoms with Gasteiger partial charge in [-0.3, -0.25) is 9.69 Å². The highest BCUT2D eigenvalue weighted by Crippen LogP contribution is 2.34. The molecule has 2 aliphatic heterocycles. The van der Waals surface area contributed by atoms with Gasteiger partial charge in [0.2, 0.25) is 0 Å². The summed E-state index contributed by atoms with van der Waals surface area (Å²) in [4.78, 5) is 16.4. The molecule has 0 aromatic rings. The number of likely N-dealkylation sites (tertiary alicyclic amines) is 2. The minimum atomic E-state index is -0.604. The van der Waals surface area contributed by atoms with Gasteiger partial charge in [0.1, 0.15) is 5.54 Å². The summed E-state index contributed by atoms with van der Waals surface area (Å²) in [6, 6.07) is 0. The molecule has 19 heavy (non-hydrogen) atoms. The van der Waals surface area contributed by atoms with Crippen LogP contribution in [0.2, 0.25) is 0 Å². The summed E-state index contributed by atoms with van der Waals surface area (Å²) >= 11 is 0. The lowest BCUT2D eigenvalue weighted by atomic mass is 9.90. The molecular formula is C15H28N2O2. The van der Waals surface area contributed by atoms with Crippen LogP contribution < -0.4 is 0 Å². The molecule has 1 N–H and O–H groups in total. The number of carbonyl (C=O) groups is 1. The van der Waals surface area contributed by atoms with Crippen LogP contribution >= 0.6 is 0 Å². The zero-order valence-corrected chi connectivity index (χ0v) is 12.2. The Morgan fingerprint density at radius 3 is 2.53 bits per heavy atom. The number of hydrogen-bond acceptors (Lipinski definition) is 3. The van der Waals surface area contributed by atoms with Crippen LogP contribution in [0.1, 0.15) is 51.9 Å². The lowest BCUT2D eigenvalue weighted by Gasteiger charge is -2.35. The van der Waals surface area contributed by atoms with Crippen molar-refractivity contribution in [3.8, 4) is 0 Å². The molecule has 1 unspecified atom stereocenters. The molecule has 0 saturated carbocycles. The van der Waals surface area contributed by atoms with Crippen molar-refractivity contribution in [2.24, 2.45) is 0 Å². The van der Waals surface area contributed by atoms with Gasteiger partial charge in [-0.05, 0) is 64.7 Å². The second kappa shape index (κ2) is 6.71. The molecule has 0 aromatic carbocycles. The predicted octanol–water partition coefficient (Wildman–Crippen LogP) is 2.19. The van der Waals surface area contributed by atoms with Crippen molar-refractivity contribution in [2.75, 3.05) is 32.7 Å². The monoisotopic (exact) mass is 268 g/mol. The maximum Gasteiger partial charge on any atom is 0.324 e. The summed E-state index contributed by atoms with van der Waals surface area (Å²) in [5.41, 5.74) is -0.556. The van der Waals surface area contributed by atoms with E-state index in [1.807, 2.05) is 0 Å². The maximum atomic E-state index is 11.7. The Kier molecular flexibility index (Phi) is 5.22. The van der Waals surface area contributed by atoms with E-state index in [4.69, 9.17) is 0 Å². The van der Waals surface area contributed by atoms with Crippen LogP contribution in [0.3, 0.4) is 0 Å². The summed E-state index contributed by atoms with van der Waals surface area (Å²) < 4.78 is 0. The molecule has 0 radical (unpaired) electrons. The zero-order valence-electron chi connectivity index (χ0n) is 12.2. The number of carboxylic acid groups (broad SMARTS) is 1. The molecule has 0 amide bonds. The Labute approximate surface area is 116 Å². The molecule has 0 bridgehead atoms. The first kappa shape index (κ1) is 14.8. The highest BCUT2D eigenvalue weighted by atomic mass is 16.4. The average Bonchev–Trinajstić information content (AvgIpc) is 3.01. The molecule has 2 saturated heterocycles. The molecule has 0 aliphatic carbocycles. The average molecular weight is 268 g/mol. The molecule has 2 heterocycles. The number of aliphatic carboxylic acids is 1. The van der Waals surface area contributed by atoms with Gasteiger partial charge in [-0.15, -0.1) is 0 Å². The Bertz CT molecular complexity index is 303. The minimum absolute atomic E-state index is 0.556. The SMILES string of the molecule is CCCC1(C(=O)O)CCCN1CCCN1CCCC1. The van der Waals surface area contributed by atoms with Crippen LogP contribution in [0.4, 0.5) is 0 Å². The summed E-state index contributed by atoms with van der Waals surface area (Å²) in [7, 11) is 0. The molecule has 0 aromatic heterocycles. The third-order valence-corrected chi connectivity index (χ3v) is 4.79. The summed E-state index contributed by atoms with van der Waals surface area (Å²) in [5, 5.41) is 9.62. The van der Waals surface area contributed by atoms with E-state index < -0.39 is 11.5 Å². The van der Waals surface area contributed by atoms with Crippen molar-refractivity contribution >= 4 is 5.97 Å². The second-order valence-corrected chi connectivity index (χ2v) is 6.08. The predicted molar refractivity (Wildman–Crippen MR) is 76.4 cm³/mol. The van der Waals surface area contributed by atoms with E-state index in [1.165, 1.54) is 25.9 Å². The topological polar surface area (TPSA) is 43.8 Å². The Morgan fingerprint density at radius 2 is 1.89 bits per heavy atom. The van der Waals surface area contributed by atoms with E-state index in [9.17, 15) is 9.90 Å². The quantitative estimate of drug-likeness (QED) is 0.768. The lowest BCUT2D eigenvalue weighted by Crippen LogP contribution is -2.51. The summed E-state index contributed by atoms with van der Waals surface area (Å²) in [6.45, 7) is 7.61. The highest BCUT2D eigenvalue weighted by molar-refractivity contribution is 5.79. The van der Waals surface area contributed by atoms with Crippen LogP contribution in [0.5, 0.6) is 0 Å². The van der Waals surface area contributed by atoms with Crippen LogP contribution in [0.25, 0.3) is 0 Å². The summed E-state index contributed by atoms with van der Waals surface area (Å²) in [5.74, 6) is -0.604. The number of nitrogens with zero attached hydrogens (tertiary/aromatic N) is 2. The normalized spacial score (nSPS) is 29.1. The van der Waals surface area contributed by atoms with Gasteiger partial charge in [-0.25, -0.2) is 0 Å². The van der Waals surface area contributed by atoms with E-state index in [2.05, 4.69) is 16.7 Å². The molecule has 0 spiro atoms. The van der Waals surface area contributed by atoms with Gasteiger partial charge in [-0.1, -0.05) is 13.3 Å². The standard InChI is InChI=1S/C15H28N2O2/c1-2-7-15(14(18)19)8-5-12-17(15)13-6-11-16-9-3-4-10-16/h2-13H2,1H3,(H,18,19). The van der Waals surface area contributed by atoms with Crippen molar-refractivity contribution in [1.82, 2.24) is 9.80 Å². The molecule has 2 rings (SSSR count). The Hall–Kier alpha value is -0.610. The molecule has 4 heteroatoms. The number of hydrogen-bond donors (Lipinski definition) is 1. The number of rotatable bonds is 7. The first-order chi connectivity index (χ1) is 9.19. The fourth-order valence-electron chi connectivity index (χ4n) is 3.80. The summed E-state index contributed by atoms with van der Waals surface area (Å²) in [6.07, 6.45) is 7.40. The van der Waals surface area contributed by atoms with Gasteiger partial charge >= 0.3 is 5.97 Å². The molecule has 1 atom stereocenters. The fourth-order valence-corrected chi connectivity index (χ4v) is 3.80. The Morgan fingerprint density at radius 1 is 1.16 bits per heavy atom. The molecular weight excluding hydrogens is 240 g/mol. The van der Waals surface area contributed by atoms with E-state index in [0.717, 1.165) is 51.7 Å². The van der Waals surface area contributed by atoms with Gasteiger partial charge in [0.25, 0.3) is 0 Å². The highest BCUT2D eigenvalue weighted by Gasteiger charge is 2.46. The molecule has 110 valence electrons. The largest absolute Gasteiger partial charge is 0.480 e. The van der Waals surface area contributed by atoms with E-state index in [0.29, 0.717) is 0 Å². The first-order valence-electron chi connectivity index (χ1n) is 7.90. The third kappa shape index (κ3) is 3.29. The van der Waals surface area contributed by atoms with Gasteiger partial charge in [-0.2, -0.15) is 0 Å².